The van der Waals surface area contributed by atoms with Crippen LogP contribution in [0.1, 0.15) is 42.7 Å². The molecule has 94 valence electrons. The van der Waals surface area contributed by atoms with Crippen LogP contribution in [0.4, 0.5) is 0 Å². The minimum absolute atomic E-state index is 0.727. The van der Waals surface area contributed by atoms with Crippen molar-refractivity contribution in [2.75, 3.05) is 14.2 Å². The van der Waals surface area contributed by atoms with Gasteiger partial charge in [-0.1, -0.05) is 12.1 Å². The summed E-state index contributed by atoms with van der Waals surface area (Å²) in [5.74, 6) is 1.74. The van der Waals surface area contributed by atoms with Crippen molar-refractivity contribution in [1.29, 1.82) is 0 Å². The Morgan fingerprint density at radius 3 is 2.41 bits per heavy atom. The van der Waals surface area contributed by atoms with E-state index in [1.165, 1.54) is 36.8 Å². The van der Waals surface area contributed by atoms with Gasteiger partial charge < -0.3 is 10.1 Å². The van der Waals surface area contributed by atoms with E-state index in [0.29, 0.717) is 0 Å². The number of methoxy groups -OCH3 is 1. The first-order chi connectivity index (χ1) is 8.24. The summed E-state index contributed by atoms with van der Waals surface area (Å²) in [6, 6.07) is 7.36. The Labute approximate surface area is 104 Å². The van der Waals surface area contributed by atoms with Crippen molar-refractivity contribution in [1.82, 2.24) is 5.32 Å². The fraction of sp³-hybridized carbons (Fsp3) is 0.600. The molecular weight excluding hydrogens is 210 g/mol. The van der Waals surface area contributed by atoms with Crippen LogP contribution in [0.25, 0.3) is 0 Å². The number of ether oxygens (including phenoxy) is 1. The summed E-state index contributed by atoms with van der Waals surface area (Å²) in [4.78, 5) is 0. The van der Waals surface area contributed by atoms with E-state index in [9.17, 15) is 0 Å². The zero-order valence-electron chi connectivity index (χ0n) is 11.1. The zero-order valence-corrected chi connectivity index (χ0v) is 11.1. The molecule has 1 aliphatic rings. The SMILES string of the molecule is CNC1CCC(c2ccc(OC)c(C)c2)CC1. The fourth-order valence-corrected chi connectivity index (χ4v) is 2.87. The van der Waals surface area contributed by atoms with E-state index in [0.717, 1.165) is 17.7 Å². The highest BCUT2D eigenvalue weighted by molar-refractivity contribution is 5.37. The highest BCUT2D eigenvalue weighted by atomic mass is 16.5. The molecular formula is C15H23NO. The second-order valence-corrected chi connectivity index (χ2v) is 5.07. The minimum atomic E-state index is 0.727. The maximum absolute atomic E-state index is 5.31. The molecule has 2 nitrogen and oxygen atoms in total. The predicted molar refractivity (Wildman–Crippen MR) is 71.8 cm³/mol. The molecule has 1 aliphatic carbocycles. The van der Waals surface area contributed by atoms with Gasteiger partial charge in [0.2, 0.25) is 0 Å². The first-order valence-electron chi connectivity index (χ1n) is 6.56. The second kappa shape index (κ2) is 5.54. The molecule has 0 unspecified atom stereocenters. The monoisotopic (exact) mass is 233 g/mol. The predicted octanol–water partition coefficient (Wildman–Crippen LogP) is 3.25. The summed E-state index contributed by atoms with van der Waals surface area (Å²) in [6.07, 6.45) is 5.20. The van der Waals surface area contributed by atoms with Gasteiger partial charge in [-0.15, -0.1) is 0 Å². The van der Waals surface area contributed by atoms with E-state index in [-0.39, 0.29) is 0 Å². The zero-order chi connectivity index (χ0) is 12.3. The van der Waals surface area contributed by atoms with Gasteiger partial charge in [0.05, 0.1) is 7.11 Å². The van der Waals surface area contributed by atoms with Gasteiger partial charge in [-0.2, -0.15) is 0 Å². The summed E-state index contributed by atoms with van der Waals surface area (Å²) in [5, 5.41) is 3.39. The van der Waals surface area contributed by atoms with Crippen molar-refractivity contribution in [3.63, 3.8) is 0 Å². The average Bonchev–Trinajstić information content (AvgIpc) is 2.39. The fourth-order valence-electron chi connectivity index (χ4n) is 2.87. The van der Waals surface area contributed by atoms with Crippen LogP contribution in [0.3, 0.4) is 0 Å². The van der Waals surface area contributed by atoms with E-state index >= 15 is 0 Å². The third-order valence-corrected chi connectivity index (χ3v) is 4.03. The van der Waals surface area contributed by atoms with Gasteiger partial charge in [-0.05, 0) is 62.8 Å². The van der Waals surface area contributed by atoms with Crippen molar-refractivity contribution < 1.29 is 4.74 Å². The van der Waals surface area contributed by atoms with Gasteiger partial charge in [0.1, 0.15) is 5.75 Å². The average molecular weight is 233 g/mol. The number of aryl methyl sites for hydroxylation is 1. The lowest BCUT2D eigenvalue weighted by molar-refractivity contribution is 0.358. The third kappa shape index (κ3) is 2.81. The number of hydrogen-bond acceptors (Lipinski definition) is 2. The van der Waals surface area contributed by atoms with Gasteiger partial charge in [0.25, 0.3) is 0 Å². The Balaban J connectivity index is 2.06. The molecule has 1 saturated carbocycles. The smallest absolute Gasteiger partial charge is 0.121 e. The molecule has 1 N–H and O–H groups in total. The van der Waals surface area contributed by atoms with Crippen molar-refractivity contribution in [2.45, 2.75) is 44.6 Å². The highest BCUT2D eigenvalue weighted by Crippen LogP contribution is 2.34. The van der Waals surface area contributed by atoms with E-state index in [2.05, 4.69) is 37.5 Å². The second-order valence-electron chi connectivity index (χ2n) is 5.07. The first-order valence-corrected chi connectivity index (χ1v) is 6.56. The molecule has 2 heteroatoms. The van der Waals surface area contributed by atoms with Gasteiger partial charge in [0, 0.05) is 6.04 Å². The maximum atomic E-state index is 5.31. The summed E-state index contributed by atoms with van der Waals surface area (Å²) in [5.41, 5.74) is 2.73. The molecule has 0 saturated heterocycles. The van der Waals surface area contributed by atoms with Crippen molar-refractivity contribution >= 4 is 0 Å². The summed E-state index contributed by atoms with van der Waals surface area (Å²) >= 11 is 0. The van der Waals surface area contributed by atoms with Crippen molar-refractivity contribution in [3.05, 3.63) is 29.3 Å². The Morgan fingerprint density at radius 2 is 1.88 bits per heavy atom. The summed E-state index contributed by atoms with van der Waals surface area (Å²) in [6.45, 7) is 2.13. The molecule has 0 aliphatic heterocycles. The highest BCUT2D eigenvalue weighted by Gasteiger charge is 2.21. The van der Waals surface area contributed by atoms with Gasteiger partial charge in [0.15, 0.2) is 0 Å². The number of benzene rings is 1. The van der Waals surface area contributed by atoms with Gasteiger partial charge in [-0.3, -0.25) is 0 Å². The van der Waals surface area contributed by atoms with Crippen molar-refractivity contribution in [2.24, 2.45) is 0 Å². The Hall–Kier alpha value is -1.02. The van der Waals surface area contributed by atoms with E-state index in [1.54, 1.807) is 7.11 Å². The van der Waals surface area contributed by atoms with Crippen LogP contribution in [-0.2, 0) is 0 Å². The lowest BCUT2D eigenvalue weighted by atomic mass is 9.81. The summed E-state index contributed by atoms with van der Waals surface area (Å²) < 4.78 is 5.31. The lowest BCUT2D eigenvalue weighted by Crippen LogP contribution is -2.29. The topological polar surface area (TPSA) is 21.3 Å². The molecule has 0 aromatic heterocycles. The Bertz CT molecular complexity index is 367. The molecule has 2 rings (SSSR count). The van der Waals surface area contributed by atoms with Crippen LogP contribution < -0.4 is 10.1 Å². The molecule has 0 bridgehead atoms. The van der Waals surface area contributed by atoms with Crippen LogP contribution >= 0.6 is 0 Å². The van der Waals surface area contributed by atoms with Crippen LogP contribution in [0.15, 0.2) is 18.2 Å². The van der Waals surface area contributed by atoms with Gasteiger partial charge >= 0.3 is 0 Å². The lowest BCUT2D eigenvalue weighted by Gasteiger charge is -2.28. The molecule has 0 spiro atoms. The number of hydrogen-bond donors (Lipinski definition) is 1. The van der Waals surface area contributed by atoms with E-state index < -0.39 is 0 Å². The molecule has 0 heterocycles. The Kier molecular flexibility index (Phi) is 4.06. The minimum Gasteiger partial charge on any atom is -0.496 e. The van der Waals surface area contributed by atoms with Crippen LogP contribution in [0, 0.1) is 6.92 Å². The first kappa shape index (κ1) is 12.4. The largest absolute Gasteiger partial charge is 0.496 e. The maximum Gasteiger partial charge on any atom is 0.121 e. The molecule has 1 aromatic carbocycles. The van der Waals surface area contributed by atoms with Crippen LogP contribution in [-0.4, -0.2) is 20.2 Å². The van der Waals surface area contributed by atoms with Crippen LogP contribution in [0.5, 0.6) is 5.75 Å². The van der Waals surface area contributed by atoms with Crippen LogP contribution in [0.2, 0.25) is 0 Å². The Morgan fingerprint density at radius 1 is 1.18 bits per heavy atom. The number of nitrogens with one attached hydrogen (secondary N) is 1. The quantitative estimate of drug-likeness (QED) is 0.865. The molecule has 0 atom stereocenters. The summed E-state index contributed by atoms with van der Waals surface area (Å²) in [7, 11) is 3.81. The normalized spacial score (nSPS) is 24.6. The molecule has 0 radical (unpaired) electrons. The third-order valence-electron chi connectivity index (χ3n) is 4.03. The molecule has 1 fully saturated rings. The molecule has 17 heavy (non-hydrogen) atoms. The number of rotatable bonds is 3. The van der Waals surface area contributed by atoms with E-state index in [4.69, 9.17) is 4.74 Å². The van der Waals surface area contributed by atoms with Crippen molar-refractivity contribution in [3.8, 4) is 5.75 Å². The van der Waals surface area contributed by atoms with Gasteiger partial charge in [-0.25, -0.2) is 0 Å². The molecule has 1 aromatic rings. The standard InChI is InChI=1S/C15H23NO/c1-11-10-13(6-9-15(11)17-3)12-4-7-14(16-2)8-5-12/h6,9-10,12,14,16H,4-5,7-8H2,1-3H3. The molecule has 0 amide bonds. The van der Waals surface area contributed by atoms with E-state index in [1.807, 2.05) is 0 Å².